The van der Waals surface area contributed by atoms with Crippen molar-refractivity contribution in [2.75, 3.05) is 0 Å². The predicted molar refractivity (Wildman–Crippen MR) is 70.3 cm³/mol. The number of esters is 2. The lowest BCUT2D eigenvalue weighted by Gasteiger charge is -2.04. The Morgan fingerprint density at radius 2 is 1.84 bits per heavy atom. The molecule has 6 heteroatoms. The van der Waals surface area contributed by atoms with Crippen molar-refractivity contribution in [3.63, 3.8) is 0 Å². The fourth-order valence-corrected chi connectivity index (χ4v) is 1.67. The highest BCUT2D eigenvalue weighted by atomic mass is 79.9. The summed E-state index contributed by atoms with van der Waals surface area (Å²) >= 11 is 3.27. The van der Waals surface area contributed by atoms with Crippen LogP contribution in [0, 0.1) is 0 Å². The summed E-state index contributed by atoms with van der Waals surface area (Å²) in [5.74, 6) is -2.96. The third-order valence-electron chi connectivity index (χ3n) is 2.18. The molecule has 5 nitrogen and oxygen atoms in total. The third-order valence-corrected chi connectivity index (χ3v) is 2.95. The van der Waals surface area contributed by atoms with Gasteiger partial charge in [-0.05, 0) is 11.6 Å². The van der Waals surface area contributed by atoms with Crippen molar-refractivity contribution in [2.45, 2.75) is 12.8 Å². The van der Waals surface area contributed by atoms with Crippen LogP contribution in [0.3, 0.4) is 0 Å². The number of hydrogen-bond acceptors (Lipinski definition) is 4. The second-order valence-corrected chi connectivity index (χ2v) is 4.55. The summed E-state index contributed by atoms with van der Waals surface area (Å²) in [5, 5.41) is 8.54. The number of aliphatic carboxylic acids is 1. The average Bonchev–Trinajstić information content (AvgIpc) is 2.31. The Kier molecular flexibility index (Phi) is 5.44. The van der Waals surface area contributed by atoms with Gasteiger partial charge in [0.05, 0.1) is 12.8 Å². The first kappa shape index (κ1) is 15.1. The Balaban J connectivity index is 2.52. The first-order valence-corrected chi connectivity index (χ1v) is 6.07. The molecule has 0 unspecified atom stereocenters. The molecule has 0 aliphatic heterocycles. The summed E-state index contributed by atoms with van der Waals surface area (Å²) in [7, 11) is 0. The molecule has 0 heterocycles. The molecule has 1 rings (SSSR count). The molecule has 100 valence electrons. The molecule has 0 spiro atoms. The molecule has 1 aromatic carbocycles. The van der Waals surface area contributed by atoms with Gasteiger partial charge in [0.1, 0.15) is 0 Å². The van der Waals surface area contributed by atoms with Crippen LogP contribution in [-0.4, -0.2) is 23.0 Å². The van der Waals surface area contributed by atoms with Crippen LogP contribution in [0.25, 0.3) is 0 Å². The molecule has 0 bridgehead atoms. The van der Waals surface area contributed by atoms with Crippen LogP contribution in [0.4, 0.5) is 0 Å². The largest absolute Gasteiger partial charge is 0.478 e. The topological polar surface area (TPSA) is 80.7 Å². The molecule has 19 heavy (non-hydrogen) atoms. The van der Waals surface area contributed by atoms with Crippen LogP contribution >= 0.6 is 15.9 Å². The molecule has 0 aliphatic carbocycles. The highest BCUT2D eigenvalue weighted by Crippen LogP contribution is 2.16. The molecule has 0 aromatic heterocycles. The zero-order valence-corrected chi connectivity index (χ0v) is 11.5. The van der Waals surface area contributed by atoms with Crippen LogP contribution in [0.5, 0.6) is 0 Å². The lowest BCUT2D eigenvalue weighted by molar-refractivity contribution is -0.159. The number of hydrogen-bond donors (Lipinski definition) is 1. The van der Waals surface area contributed by atoms with Crippen molar-refractivity contribution in [1.82, 2.24) is 0 Å². The minimum Gasteiger partial charge on any atom is -0.478 e. The van der Waals surface area contributed by atoms with Crippen LogP contribution in [-0.2, 0) is 25.5 Å². The minimum absolute atomic E-state index is 0.0767. The molecule has 1 N–H and O–H groups in total. The second kappa shape index (κ2) is 6.84. The number of rotatable bonds is 5. The first-order chi connectivity index (χ1) is 8.90. The van der Waals surface area contributed by atoms with Crippen LogP contribution < -0.4 is 0 Å². The maximum atomic E-state index is 11.5. The molecule has 0 radical (unpaired) electrons. The fourth-order valence-electron chi connectivity index (χ4n) is 1.25. The van der Waals surface area contributed by atoms with Crippen molar-refractivity contribution in [2.24, 2.45) is 0 Å². The molecule has 0 saturated heterocycles. The Morgan fingerprint density at radius 3 is 2.42 bits per heavy atom. The van der Waals surface area contributed by atoms with Crippen molar-refractivity contribution >= 4 is 33.8 Å². The number of carbonyl (C=O) groups is 3. The van der Waals surface area contributed by atoms with E-state index < -0.39 is 24.3 Å². The molecular weight excluding hydrogens is 316 g/mol. The van der Waals surface area contributed by atoms with Gasteiger partial charge in [-0.15, -0.1) is 0 Å². The zero-order valence-electron chi connectivity index (χ0n) is 9.89. The maximum Gasteiger partial charge on any atom is 0.331 e. The molecule has 0 fully saturated rings. The van der Waals surface area contributed by atoms with Gasteiger partial charge in [0.15, 0.2) is 0 Å². The maximum absolute atomic E-state index is 11.5. The Labute approximate surface area is 118 Å². The van der Waals surface area contributed by atoms with Gasteiger partial charge in [-0.25, -0.2) is 4.79 Å². The van der Waals surface area contributed by atoms with Gasteiger partial charge in [0, 0.05) is 10.0 Å². The molecule has 0 aliphatic rings. The summed E-state index contributed by atoms with van der Waals surface area (Å²) in [5.41, 5.74) is 0.357. The van der Waals surface area contributed by atoms with Crippen molar-refractivity contribution in [3.05, 3.63) is 46.5 Å². The summed E-state index contributed by atoms with van der Waals surface area (Å²) in [6, 6.07) is 7.02. The molecule has 1 aromatic rings. The number of benzene rings is 1. The van der Waals surface area contributed by atoms with Crippen molar-refractivity contribution in [3.8, 4) is 0 Å². The quantitative estimate of drug-likeness (QED) is 0.509. The lowest BCUT2D eigenvalue weighted by Crippen LogP contribution is -2.16. The van der Waals surface area contributed by atoms with E-state index in [4.69, 9.17) is 5.11 Å². The van der Waals surface area contributed by atoms with Gasteiger partial charge in [-0.2, -0.15) is 0 Å². The van der Waals surface area contributed by atoms with Crippen LogP contribution in [0.1, 0.15) is 12.0 Å². The van der Waals surface area contributed by atoms with Gasteiger partial charge in [0.2, 0.25) is 0 Å². The zero-order chi connectivity index (χ0) is 14.4. The standard InChI is InChI=1S/C13H11BrO5/c1-8(13(17)18)6-11(15)19-12(16)7-9-4-2-3-5-10(9)14/h2-5H,1,6-7H2,(H,17,18). The van der Waals surface area contributed by atoms with E-state index in [1.807, 2.05) is 0 Å². The summed E-state index contributed by atoms with van der Waals surface area (Å²) < 4.78 is 5.24. The van der Waals surface area contributed by atoms with E-state index in [0.29, 0.717) is 5.56 Å². The van der Waals surface area contributed by atoms with E-state index in [2.05, 4.69) is 27.2 Å². The molecule has 0 amide bonds. The SMILES string of the molecule is C=C(CC(=O)OC(=O)Cc1ccccc1Br)C(=O)O. The van der Waals surface area contributed by atoms with Gasteiger partial charge in [-0.1, -0.05) is 40.7 Å². The Hall–Kier alpha value is -1.95. The summed E-state index contributed by atoms with van der Waals surface area (Å²) in [6.45, 7) is 3.18. The molecule has 0 atom stereocenters. The number of halogens is 1. The Morgan fingerprint density at radius 1 is 1.21 bits per heavy atom. The highest BCUT2D eigenvalue weighted by Gasteiger charge is 2.16. The van der Waals surface area contributed by atoms with Gasteiger partial charge < -0.3 is 9.84 Å². The number of carboxylic acids is 1. The van der Waals surface area contributed by atoms with Crippen molar-refractivity contribution in [1.29, 1.82) is 0 Å². The highest BCUT2D eigenvalue weighted by molar-refractivity contribution is 9.10. The van der Waals surface area contributed by atoms with Crippen molar-refractivity contribution < 1.29 is 24.2 Å². The summed E-state index contributed by atoms with van der Waals surface area (Å²) in [6.07, 6.45) is -0.594. The number of ether oxygens (including phenoxy) is 1. The third kappa shape index (κ3) is 5.05. The van der Waals surface area contributed by atoms with E-state index in [0.717, 1.165) is 4.47 Å². The van der Waals surface area contributed by atoms with Crippen LogP contribution in [0.2, 0.25) is 0 Å². The fraction of sp³-hybridized carbons (Fsp3) is 0.154. The number of carbonyl (C=O) groups excluding carboxylic acids is 2. The molecular formula is C13H11BrO5. The first-order valence-electron chi connectivity index (χ1n) is 5.28. The molecule has 0 saturated carbocycles. The van der Waals surface area contributed by atoms with E-state index in [-0.39, 0.29) is 12.0 Å². The average molecular weight is 327 g/mol. The van der Waals surface area contributed by atoms with Gasteiger partial charge >= 0.3 is 17.9 Å². The lowest BCUT2D eigenvalue weighted by atomic mass is 10.1. The second-order valence-electron chi connectivity index (χ2n) is 3.70. The van der Waals surface area contributed by atoms with Gasteiger partial charge in [0.25, 0.3) is 0 Å². The number of carboxylic acid groups (broad SMARTS) is 1. The predicted octanol–water partition coefficient (Wildman–Crippen LogP) is 2.09. The summed E-state index contributed by atoms with van der Waals surface area (Å²) in [4.78, 5) is 33.2. The van der Waals surface area contributed by atoms with E-state index >= 15 is 0 Å². The van der Waals surface area contributed by atoms with E-state index in [1.165, 1.54) is 0 Å². The normalized spacial score (nSPS) is 9.74. The minimum atomic E-state index is -1.30. The monoisotopic (exact) mass is 326 g/mol. The smallest absolute Gasteiger partial charge is 0.331 e. The Bertz CT molecular complexity index is 536. The van der Waals surface area contributed by atoms with E-state index in [9.17, 15) is 14.4 Å². The van der Waals surface area contributed by atoms with Crippen LogP contribution in [0.15, 0.2) is 40.9 Å². The van der Waals surface area contributed by atoms with E-state index in [1.54, 1.807) is 24.3 Å². The van der Waals surface area contributed by atoms with Gasteiger partial charge in [-0.3, -0.25) is 9.59 Å².